The summed E-state index contributed by atoms with van der Waals surface area (Å²) in [6.07, 6.45) is 2.40. The van der Waals surface area contributed by atoms with Crippen LogP contribution in [0, 0.1) is 18.8 Å². The largest absolute Gasteiger partial charge is 0.389 e. The molecule has 0 aromatic carbocycles. The van der Waals surface area contributed by atoms with Crippen molar-refractivity contribution in [2.45, 2.75) is 59.1 Å². The van der Waals surface area contributed by atoms with Crippen LogP contribution in [-0.2, 0) is 13.0 Å². The maximum absolute atomic E-state index is 10.5. The van der Waals surface area contributed by atoms with E-state index >= 15 is 0 Å². The molecule has 3 nitrogen and oxygen atoms in total. The number of nitrogens with zero attached hydrogens (tertiary/aromatic N) is 2. The van der Waals surface area contributed by atoms with Crippen molar-refractivity contribution in [1.82, 2.24) is 9.78 Å². The molecule has 0 unspecified atom stereocenters. The van der Waals surface area contributed by atoms with Gasteiger partial charge in [-0.15, -0.1) is 0 Å². The van der Waals surface area contributed by atoms with Gasteiger partial charge in [0.2, 0.25) is 0 Å². The van der Waals surface area contributed by atoms with Crippen molar-refractivity contribution in [2.75, 3.05) is 0 Å². The fourth-order valence-corrected chi connectivity index (χ4v) is 3.08. The van der Waals surface area contributed by atoms with Crippen LogP contribution >= 0.6 is 11.6 Å². The van der Waals surface area contributed by atoms with Crippen LogP contribution in [0.3, 0.4) is 0 Å². The summed E-state index contributed by atoms with van der Waals surface area (Å²) in [6, 6.07) is 0. The van der Waals surface area contributed by atoms with Gasteiger partial charge in [0.05, 0.1) is 22.0 Å². The van der Waals surface area contributed by atoms with E-state index in [0.29, 0.717) is 18.3 Å². The van der Waals surface area contributed by atoms with Crippen molar-refractivity contribution < 1.29 is 5.11 Å². The number of aryl methyl sites for hydroxylation is 2. The van der Waals surface area contributed by atoms with Gasteiger partial charge in [-0.2, -0.15) is 5.10 Å². The van der Waals surface area contributed by atoms with E-state index in [1.54, 1.807) is 0 Å². The minimum atomic E-state index is -0.571. The second-order valence-electron chi connectivity index (χ2n) is 5.98. The lowest BCUT2D eigenvalue weighted by Gasteiger charge is -2.46. The van der Waals surface area contributed by atoms with Crippen LogP contribution in [0.2, 0.25) is 5.02 Å². The van der Waals surface area contributed by atoms with Gasteiger partial charge in [0, 0.05) is 13.0 Å². The number of halogens is 1. The summed E-state index contributed by atoms with van der Waals surface area (Å²) in [4.78, 5) is 0. The van der Waals surface area contributed by atoms with Crippen molar-refractivity contribution in [3.05, 3.63) is 16.4 Å². The highest BCUT2D eigenvalue weighted by molar-refractivity contribution is 6.31. The molecule has 0 aliphatic heterocycles. The highest BCUT2D eigenvalue weighted by atomic mass is 35.5. The van der Waals surface area contributed by atoms with Crippen molar-refractivity contribution >= 4 is 11.6 Å². The predicted octanol–water partition coefficient (Wildman–Crippen LogP) is 3.20. The monoisotopic (exact) mass is 270 g/mol. The van der Waals surface area contributed by atoms with Crippen molar-refractivity contribution in [3.63, 3.8) is 0 Å². The lowest BCUT2D eigenvalue weighted by atomic mass is 9.64. The van der Waals surface area contributed by atoms with Gasteiger partial charge in [-0.3, -0.25) is 4.68 Å². The summed E-state index contributed by atoms with van der Waals surface area (Å²) in [5, 5.41) is 15.7. The number of aliphatic hydroxyl groups is 1. The molecule has 1 aromatic rings. The topological polar surface area (TPSA) is 38.0 Å². The Bertz CT molecular complexity index is 433. The average molecular weight is 271 g/mol. The van der Waals surface area contributed by atoms with Crippen molar-refractivity contribution in [2.24, 2.45) is 11.8 Å². The summed E-state index contributed by atoms with van der Waals surface area (Å²) in [5.74, 6) is 1.30. The van der Waals surface area contributed by atoms with Crippen LogP contribution in [-0.4, -0.2) is 20.5 Å². The van der Waals surface area contributed by atoms with Crippen LogP contribution in [0.25, 0.3) is 0 Å². The Morgan fingerprint density at radius 1 is 1.50 bits per heavy atom. The minimum absolute atomic E-state index is 0.571. The molecule has 1 aliphatic rings. The van der Waals surface area contributed by atoms with Crippen LogP contribution in [0.5, 0.6) is 0 Å². The molecule has 0 amide bonds. The average Bonchev–Trinajstić information content (AvgIpc) is 2.53. The van der Waals surface area contributed by atoms with E-state index in [9.17, 15) is 5.11 Å². The summed E-state index contributed by atoms with van der Waals surface area (Å²) in [7, 11) is 0. The van der Waals surface area contributed by atoms with Gasteiger partial charge in [-0.25, -0.2) is 0 Å². The SMILES string of the molecule is CCn1nc(C)c(Cl)c1CC1(O)CC(C(C)C)C1. The Morgan fingerprint density at radius 3 is 2.61 bits per heavy atom. The maximum Gasteiger partial charge on any atom is 0.0848 e. The molecule has 1 fully saturated rings. The maximum atomic E-state index is 10.5. The van der Waals surface area contributed by atoms with E-state index in [2.05, 4.69) is 18.9 Å². The third kappa shape index (κ3) is 2.43. The summed E-state index contributed by atoms with van der Waals surface area (Å²) in [6.45, 7) is 9.20. The molecule has 2 rings (SSSR count). The molecule has 1 N–H and O–H groups in total. The van der Waals surface area contributed by atoms with Gasteiger partial charge in [0.1, 0.15) is 0 Å². The zero-order valence-corrected chi connectivity index (χ0v) is 12.5. The number of rotatable bonds is 4. The molecule has 18 heavy (non-hydrogen) atoms. The number of hydrogen-bond acceptors (Lipinski definition) is 2. The molecule has 0 atom stereocenters. The number of hydrogen-bond donors (Lipinski definition) is 1. The van der Waals surface area contributed by atoms with E-state index in [0.717, 1.165) is 35.8 Å². The molecular formula is C14H23ClN2O. The first-order chi connectivity index (χ1) is 8.36. The normalized spacial score (nSPS) is 27.6. The Balaban J connectivity index is 2.11. The molecular weight excluding hydrogens is 248 g/mol. The van der Waals surface area contributed by atoms with E-state index < -0.39 is 5.60 Å². The minimum Gasteiger partial charge on any atom is -0.389 e. The third-order valence-electron chi connectivity index (χ3n) is 4.18. The Hall–Kier alpha value is -0.540. The zero-order valence-electron chi connectivity index (χ0n) is 11.7. The molecule has 1 heterocycles. The Kier molecular flexibility index (Phi) is 3.75. The quantitative estimate of drug-likeness (QED) is 0.912. The third-order valence-corrected chi connectivity index (χ3v) is 4.67. The Labute approximate surface area is 114 Å². The summed E-state index contributed by atoms with van der Waals surface area (Å²) < 4.78 is 1.92. The highest BCUT2D eigenvalue weighted by Gasteiger charge is 2.44. The van der Waals surface area contributed by atoms with Gasteiger partial charge in [0.15, 0.2) is 0 Å². The predicted molar refractivity (Wildman–Crippen MR) is 73.9 cm³/mol. The molecule has 4 heteroatoms. The van der Waals surface area contributed by atoms with Crippen molar-refractivity contribution in [1.29, 1.82) is 0 Å². The molecule has 0 radical (unpaired) electrons. The molecule has 102 valence electrons. The lowest BCUT2D eigenvalue weighted by molar-refractivity contribution is -0.0871. The smallest absolute Gasteiger partial charge is 0.0848 e. The van der Waals surface area contributed by atoms with Gasteiger partial charge < -0.3 is 5.11 Å². The van der Waals surface area contributed by atoms with Gasteiger partial charge in [-0.1, -0.05) is 25.4 Å². The van der Waals surface area contributed by atoms with E-state index in [4.69, 9.17) is 11.6 Å². The van der Waals surface area contributed by atoms with E-state index in [-0.39, 0.29) is 0 Å². The van der Waals surface area contributed by atoms with Crippen LogP contribution < -0.4 is 0 Å². The van der Waals surface area contributed by atoms with Crippen molar-refractivity contribution in [3.8, 4) is 0 Å². The van der Waals surface area contributed by atoms with Gasteiger partial charge >= 0.3 is 0 Å². The lowest BCUT2D eigenvalue weighted by Crippen LogP contribution is -2.47. The first kappa shape index (κ1) is 13.9. The Morgan fingerprint density at radius 2 is 2.11 bits per heavy atom. The molecule has 1 aromatic heterocycles. The fraction of sp³-hybridized carbons (Fsp3) is 0.786. The first-order valence-electron chi connectivity index (χ1n) is 6.80. The van der Waals surface area contributed by atoms with Crippen LogP contribution in [0.15, 0.2) is 0 Å². The second kappa shape index (κ2) is 4.86. The highest BCUT2D eigenvalue weighted by Crippen LogP contribution is 2.44. The second-order valence-corrected chi connectivity index (χ2v) is 6.35. The molecule has 0 bridgehead atoms. The molecule has 1 aliphatic carbocycles. The van der Waals surface area contributed by atoms with Gasteiger partial charge in [-0.05, 0) is 38.5 Å². The molecule has 1 saturated carbocycles. The van der Waals surface area contributed by atoms with E-state index in [1.807, 2.05) is 18.5 Å². The zero-order chi connectivity index (χ0) is 13.5. The van der Waals surface area contributed by atoms with Gasteiger partial charge in [0.25, 0.3) is 0 Å². The number of aromatic nitrogens is 2. The standard InChI is InChI=1S/C14H23ClN2O/c1-5-17-12(13(15)10(4)16-17)8-14(18)6-11(7-14)9(2)3/h9,11,18H,5-8H2,1-4H3. The van der Waals surface area contributed by atoms with Crippen LogP contribution in [0.4, 0.5) is 0 Å². The fourth-order valence-electron chi connectivity index (χ4n) is 2.88. The first-order valence-corrected chi connectivity index (χ1v) is 7.18. The van der Waals surface area contributed by atoms with Crippen LogP contribution in [0.1, 0.15) is 45.0 Å². The molecule has 0 spiro atoms. The summed E-state index contributed by atoms with van der Waals surface area (Å²) in [5.41, 5.74) is 1.27. The molecule has 0 saturated heterocycles. The summed E-state index contributed by atoms with van der Waals surface area (Å²) >= 11 is 6.28. The van der Waals surface area contributed by atoms with E-state index in [1.165, 1.54) is 0 Å².